The van der Waals surface area contributed by atoms with E-state index in [0.29, 0.717) is 11.5 Å². The van der Waals surface area contributed by atoms with Crippen molar-refractivity contribution in [2.24, 2.45) is 0 Å². The standard InChI is InChI=1S/C13H16N4O2/c1-8(2)15-13(18)11-5-4-10(7-14-11)16-12-6-9(3)19-17-12/h4-8H,1-3H3,(H,15,18)(H,16,17). The van der Waals surface area contributed by atoms with E-state index >= 15 is 0 Å². The van der Waals surface area contributed by atoms with Crippen LogP contribution in [0.4, 0.5) is 11.5 Å². The zero-order chi connectivity index (χ0) is 13.8. The number of aryl methyl sites for hydroxylation is 1. The maximum atomic E-state index is 11.7. The summed E-state index contributed by atoms with van der Waals surface area (Å²) in [5.41, 5.74) is 1.13. The second-order valence-electron chi connectivity index (χ2n) is 4.51. The van der Waals surface area contributed by atoms with Gasteiger partial charge in [0.2, 0.25) is 0 Å². The van der Waals surface area contributed by atoms with Crippen LogP contribution in [0.5, 0.6) is 0 Å². The lowest BCUT2D eigenvalue weighted by atomic mass is 10.3. The molecule has 100 valence electrons. The summed E-state index contributed by atoms with van der Waals surface area (Å²) in [7, 11) is 0. The zero-order valence-electron chi connectivity index (χ0n) is 11.1. The summed E-state index contributed by atoms with van der Waals surface area (Å²) in [5, 5.41) is 9.63. The van der Waals surface area contributed by atoms with Crippen molar-refractivity contribution < 1.29 is 9.32 Å². The van der Waals surface area contributed by atoms with Gasteiger partial charge in [0.25, 0.3) is 5.91 Å². The number of rotatable bonds is 4. The Labute approximate surface area is 111 Å². The maximum absolute atomic E-state index is 11.7. The Morgan fingerprint density at radius 2 is 2.16 bits per heavy atom. The van der Waals surface area contributed by atoms with Crippen molar-refractivity contribution in [1.29, 1.82) is 0 Å². The Bertz CT molecular complexity index is 560. The van der Waals surface area contributed by atoms with E-state index in [9.17, 15) is 4.79 Å². The number of hydrogen-bond acceptors (Lipinski definition) is 5. The molecule has 6 nitrogen and oxygen atoms in total. The van der Waals surface area contributed by atoms with E-state index < -0.39 is 0 Å². The van der Waals surface area contributed by atoms with Crippen LogP contribution in [0, 0.1) is 6.92 Å². The van der Waals surface area contributed by atoms with Crippen molar-refractivity contribution >= 4 is 17.4 Å². The minimum Gasteiger partial charge on any atom is -0.360 e. The van der Waals surface area contributed by atoms with Gasteiger partial charge in [-0.1, -0.05) is 5.16 Å². The molecule has 0 aliphatic heterocycles. The highest BCUT2D eigenvalue weighted by Gasteiger charge is 2.08. The summed E-state index contributed by atoms with van der Waals surface area (Å²) in [6.07, 6.45) is 1.58. The van der Waals surface area contributed by atoms with E-state index in [-0.39, 0.29) is 11.9 Å². The summed E-state index contributed by atoms with van der Waals surface area (Å²) in [4.78, 5) is 15.8. The molecule has 0 saturated carbocycles. The van der Waals surface area contributed by atoms with Gasteiger partial charge in [-0.2, -0.15) is 0 Å². The third-order valence-electron chi connectivity index (χ3n) is 2.32. The first-order chi connectivity index (χ1) is 9.04. The topological polar surface area (TPSA) is 80.0 Å². The lowest BCUT2D eigenvalue weighted by molar-refractivity contribution is 0.0938. The summed E-state index contributed by atoms with van der Waals surface area (Å²) in [6, 6.07) is 5.30. The van der Waals surface area contributed by atoms with Crippen molar-refractivity contribution in [2.75, 3.05) is 5.32 Å². The number of hydrogen-bond donors (Lipinski definition) is 2. The number of anilines is 2. The molecule has 0 unspecified atom stereocenters. The fourth-order valence-corrected chi connectivity index (χ4v) is 1.51. The van der Waals surface area contributed by atoms with Crippen molar-refractivity contribution in [3.63, 3.8) is 0 Å². The van der Waals surface area contributed by atoms with Crippen molar-refractivity contribution in [3.05, 3.63) is 35.9 Å². The van der Waals surface area contributed by atoms with Gasteiger partial charge in [0.05, 0.1) is 11.9 Å². The van der Waals surface area contributed by atoms with Crippen LogP contribution >= 0.6 is 0 Å². The van der Waals surface area contributed by atoms with Gasteiger partial charge >= 0.3 is 0 Å². The Morgan fingerprint density at radius 1 is 1.37 bits per heavy atom. The molecule has 0 saturated heterocycles. The van der Waals surface area contributed by atoms with Gasteiger partial charge in [0.1, 0.15) is 11.5 Å². The Balaban J connectivity index is 2.04. The number of pyridine rings is 1. The molecular formula is C13H16N4O2. The molecule has 2 aromatic heterocycles. The van der Waals surface area contributed by atoms with E-state index in [1.165, 1.54) is 0 Å². The first-order valence-electron chi connectivity index (χ1n) is 6.02. The predicted octanol–water partition coefficient (Wildman–Crippen LogP) is 2.26. The van der Waals surface area contributed by atoms with E-state index in [4.69, 9.17) is 4.52 Å². The average molecular weight is 260 g/mol. The minimum atomic E-state index is -0.182. The van der Waals surface area contributed by atoms with E-state index in [1.54, 1.807) is 24.4 Å². The monoisotopic (exact) mass is 260 g/mol. The molecule has 0 aliphatic rings. The number of nitrogens with zero attached hydrogens (tertiary/aromatic N) is 2. The first kappa shape index (κ1) is 13.1. The van der Waals surface area contributed by atoms with Gasteiger partial charge in [-0.05, 0) is 32.9 Å². The lowest BCUT2D eigenvalue weighted by Crippen LogP contribution is -2.30. The number of carbonyl (C=O) groups is 1. The fraction of sp³-hybridized carbons (Fsp3) is 0.308. The quantitative estimate of drug-likeness (QED) is 0.881. The number of aromatic nitrogens is 2. The summed E-state index contributed by atoms with van der Waals surface area (Å²) in [6.45, 7) is 5.62. The van der Waals surface area contributed by atoms with Crippen LogP contribution in [-0.4, -0.2) is 22.1 Å². The molecular weight excluding hydrogens is 244 g/mol. The third kappa shape index (κ3) is 3.54. The fourth-order valence-electron chi connectivity index (χ4n) is 1.51. The number of nitrogens with one attached hydrogen (secondary N) is 2. The molecule has 0 radical (unpaired) electrons. The van der Waals surface area contributed by atoms with Crippen LogP contribution < -0.4 is 10.6 Å². The van der Waals surface area contributed by atoms with E-state index in [1.807, 2.05) is 20.8 Å². The van der Waals surface area contributed by atoms with Gasteiger partial charge in [-0.15, -0.1) is 0 Å². The molecule has 0 aromatic carbocycles. The van der Waals surface area contributed by atoms with Gasteiger partial charge < -0.3 is 15.2 Å². The minimum absolute atomic E-state index is 0.0882. The summed E-state index contributed by atoms with van der Waals surface area (Å²) < 4.78 is 4.95. The summed E-state index contributed by atoms with van der Waals surface area (Å²) >= 11 is 0. The molecule has 19 heavy (non-hydrogen) atoms. The highest BCUT2D eigenvalue weighted by atomic mass is 16.5. The largest absolute Gasteiger partial charge is 0.360 e. The van der Waals surface area contributed by atoms with E-state index in [0.717, 1.165) is 11.4 Å². The summed E-state index contributed by atoms with van der Waals surface area (Å²) in [5.74, 6) is 1.15. The molecule has 2 rings (SSSR count). The molecule has 2 N–H and O–H groups in total. The Morgan fingerprint density at radius 3 is 2.68 bits per heavy atom. The molecule has 0 atom stereocenters. The van der Waals surface area contributed by atoms with Crippen molar-refractivity contribution in [3.8, 4) is 0 Å². The zero-order valence-corrected chi connectivity index (χ0v) is 11.1. The second kappa shape index (κ2) is 5.51. The van der Waals surface area contributed by atoms with Gasteiger partial charge in [0.15, 0.2) is 5.82 Å². The molecule has 6 heteroatoms. The van der Waals surface area contributed by atoms with E-state index in [2.05, 4.69) is 20.8 Å². The maximum Gasteiger partial charge on any atom is 0.270 e. The highest BCUT2D eigenvalue weighted by Crippen LogP contribution is 2.15. The predicted molar refractivity (Wildman–Crippen MR) is 71.4 cm³/mol. The van der Waals surface area contributed by atoms with Crippen molar-refractivity contribution in [1.82, 2.24) is 15.5 Å². The molecule has 1 amide bonds. The average Bonchev–Trinajstić information content (AvgIpc) is 2.75. The van der Waals surface area contributed by atoms with Crippen LogP contribution in [0.15, 0.2) is 28.9 Å². The molecule has 2 heterocycles. The Kier molecular flexibility index (Phi) is 3.79. The normalized spacial score (nSPS) is 10.5. The van der Waals surface area contributed by atoms with Crippen molar-refractivity contribution in [2.45, 2.75) is 26.8 Å². The van der Waals surface area contributed by atoms with Crippen LogP contribution in [0.1, 0.15) is 30.1 Å². The van der Waals surface area contributed by atoms with Gasteiger partial charge in [-0.25, -0.2) is 4.98 Å². The lowest BCUT2D eigenvalue weighted by Gasteiger charge is -2.08. The second-order valence-corrected chi connectivity index (χ2v) is 4.51. The number of amides is 1. The van der Waals surface area contributed by atoms with Gasteiger partial charge in [0, 0.05) is 12.1 Å². The van der Waals surface area contributed by atoms with Gasteiger partial charge in [-0.3, -0.25) is 4.79 Å². The van der Waals surface area contributed by atoms with Crippen LogP contribution in [0.25, 0.3) is 0 Å². The smallest absolute Gasteiger partial charge is 0.270 e. The third-order valence-corrected chi connectivity index (χ3v) is 2.32. The molecule has 0 aliphatic carbocycles. The van der Waals surface area contributed by atoms with Crippen LogP contribution in [-0.2, 0) is 0 Å². The molecule has 0 spiro atoms. The first-order valence-corrected chi connectivity index (χ1v) is 6.02. The molecule has 0 fully saturated rings. The SMILES string of the molecule is Cc1cc(Nc2ccc(C(=O)NC(C)C)nc2)no1. The number of carbonyl (C=O) groups excluding carboxylic acids is 1. The Hall–Kier alpha value is -2.37. The molecule has 2 aromatic rings. The highest BCUT2D eigenvalue weighted by molar-refractivity contribution is 5.92. The van der Waals surface area contributed by atoms with Crippen LogP contribution in [0.2, 0.25) is 0 Å². The molecule has 0 bridgehead atoms. The van der Waals surface area contributed by atoms with Crippen LogP contribution in [0.3, 0.4) is 0 Å².